The highest BCUT2D eigenvalue weighted by atomic mass is 32.1. The summed E-state index contributed by atoms with van der Waals surface area (Å²) in [5.74, 6) is -0.622. The quantitative estimate of drug-likeness (QED) is 0.458. The minimum Gasteiger partial charge on any atom is -0.352 e. The summed E-state index contributed by atoms with van der Waals surface area (Å²) in [6, 6.07) is 12.4. The van der Waals surface area contributed by atoms with Gasteiger partial charge in [0.2, 0.25) is 5.91 Å². The Bertz CT molecular complexity index is 1210. The smallest absolute Gasteiger partial charge is 0.263 e. The number of amides is 2. The minimum atomic E-state index is -0.441. The van der Waals surface area contributed by atoms with Gasteiger partial charge in [-0.05, 0) is 36.2 Å². The second-order valence-corrected chi connectivity index (χ2v) is 7.66. The number of nitriles is 1. The maximum absolute atomic E-state index is 12.8. The number of pyridine rings is 1. The normalized spacial score (nSPS) is 15.8. The fourth-order valence-electron chi connectivity index (χ4n) is 3.55. The number of imide groups is 1. The summed E-state index contributed by atoms with van der Waals surface area (Å²) in [6.45, 7) is 1.40. The van der Waals surface area contributed by atoms with Gasteiger partial charge in [-0.3, -0.25) is 14.5 Å². The van der Waals surface area contributed by atoms with Crippen molar-refractivity contribution in [2.24, 2.45) is 0 Å². The number of rotatable bonds is 6. The molecule has 0 radical (unpaired) electrons. The molecule has 8 nitrogen and oxygen atoms in total. The number of nitrogens with zero attached hydrogens (tertiary/aromatic N) is 4. The van der Waals surface area contributed by atoms with E-state index in [1.54, 1.807) is 43.0 Å². The first-order valence-corrected chi connectivity index (χ1v) is 10.2. The van der Waals surface area contributed by atoms with Crippen LogP contribution in [0.15, 0.2) is 55.1 Å². The van der Waals surface area contributed by atoms with E-state index in [1.165, 1.54) is 4.90 Å². The molecule has 2 N–H and O–H groups in total. The average molecular weight is 433 g/mol. The number of H-pyrrole nitrogens is 1. The van der Waals surface area contributed by atoms with Gasteiger partial charge in [0.1, 0.15) is 4.64 Å². The van der Waals surface area contributed by atoms with E-state index >= 15 is 0 Å². The van der Waals surface area contributed by atoms with Crippen LogP contribution in [0.25, 0.3) is 0 Å². The SMILES string of the molecule is N#Cc1ccc(Cn2cncc2CN[C@H]2CCN(C(=O)c3ccc[nH]c3=S)C2=O)cc1. The van der Waals surface area contributed by atoms with Gasteiger partial charge in [-0.15, -0.1) is 0 Å². The number of nitrogens with one attached hydrogen (secondary N) is 2. The molecular weight excluding hydrogens is 412 g/mol. The van der Waals surface area contributed by atoms with Gasteiger partial charge >= 0.3 is 0 Å². The zero-order chi connectivity index (χ0) is 21.8. The lowest BCUT2D eigenvalue weighted by atomic mass is 10.1. The fraction of sp³-hybridized carbons (Fsp3) is 0.227. The van der Waals surface area contributed by atoms with Crippen LogP contribution in [0.4, 0.5) is 0 Å². The summed E-state index contributed by atoms with van der Waals surface area (Å²) in [7, 11) is 0. The zero-order valence-corrected chi connectivity index (χ0v) is 17.4. The Kier molecular flexibility index (Phi) is 6.02. The molecule has 1 fully saturated rings. The molecule has 0 spiro atoms. The predicted octanol–water partition coefficient (Wildman–Crippen LogP) is 2.39. The molecule has 4 rings (SSSR count). The number of carbonyl (C=O) groups excluding carboxylic acids is 2. The highest BCUT2D eigenvalue weighted by molar-refractivity contribution is 7.71. The number of aromatic nitrogens is 3. The number of likely N-dealkylation sites (tertiary alicyclic amines) is 1. The molecule has 1 aliphatic rings. The van der Waals surface area contributed by atoms with Crippen molar-refractivity contribution in [2.45, 2.75) is 25.6 Å². The molecule has 9 heteroatoms. The third-order valence-electron chi connectivity index (χ3n) is 5.26. The summed E-state index contributed by atoms with van der Waals surface area (Å²) in [5.41, 5.74) is 2.91. The Morgan fingerprint density at radius 2 is 2.13 bits per heavy atom. The van der Waals surface area contributed by atoms with Gasteiger partial charge in [-0.1, -0.05) is 24.4 Å². The number of aromatic amines is 1. The fourth-order valence-corrected chi connectivity index (χ4v) is 3.78. The molecule has 0 bridgehead atoms. The monoisotopic (exact) mass is 432 g/mol. The van der Waals surface area contributed by atoms with Crippen LogP contribution in [0.2, 0.25) is 0 Å². The Labute approximate surface area is 184 Å². The van der Waals surface area contributed by atoms with E-state index < -0.39 is 6.04 Å². The predicted molar refractivity (Wildman–Crippen MR) is 115 cm³/mol. The van der Waals surface area contributed by atoms with Crippen LogP contribution in [0.3, 0.4) is 0 Å². The van der Waals surface area contributed by atoms with Crippen molar-refractivity contribution in [3.8, 4) is 6.07 Å². The standard InChI is InChI=1S/C22H20N6O2S/c23-10-15-3-5-16(6-4-15)13-27-14-24-11-17(27)12-26-19-7-9-28(22(19)30)21(29)18-2-1-8-25-20(18)31/h1-6,8,11,14,19,26H,7,9,12-13H2,(H,25,31)/t19-/m0/s1. The van der Waals surface area contributed by atoms with Gasteiger partial charge in [0.25, 0.3) is 5.91 Å². The Hall–Kier alpha value is -3.61. The highest BCUT2D eigenvalue weighted by Gasteiger charge is 2.36. The molecule has 0 unspecified atom stereocenters. The second kappa shape index (κ2) is 9.04. The largest absolute Gasteiger partial charge is 0.352 e. The van der Waals surface area contributed by atoms with Crippen molar-refractivity contribution in [1.29, 1.82) is 5.26 Å². The third-order valence-corrected chi connectivity index (χ3v) is 5.60. The van der Waals surface area contributed by atoms with E-state index in [-0.39, 0.29) is 11.8 Å². The molecule has 1 aliphatic heterocycles. The van der Waals surface area contributed by atoms with Crippen molar-refractivity contribution in [2.75, 3.05) is 6.54 Å². The van der Waals surface area contributed by atoms with E-state index in [9.17, 15) is 9.59 Å². The van der Waals surface area contributed by atoms with Crippen LogP contribution in [0.1, 0.15) is 33.6 Å². The first-order valence-electron chi connectivity index (χ1n) is 9.81. The molecule has 3 heterocycles. The molecule has 156 valence electrons. The Morgan fingerprint density at radius 1 is 1.32 bits per heavy atom. The molecule has 2 amide bonds. The summed E-state index contributed by atoms with van der Waals surface area (Å²) >= 11 is 5.16. The third kappa shape index (κ3) is 4.45. The van der Waals surface area contributed by atoms with Crippen molar-refractivity contribution in [3.63, 3.8) is 0 Å². The summed E-state index contributed by atoms with van der Waals surface area (Å²) in [5, 5.41) is 12.2. The van der Waals surface area contributed by atoms with Crippen LogP contribution in [-0.2, 0) is 17.9 Å². The van der Waals surface area contributed by atoms with Gasteiger partial charge in [-0.25, -0.2) is 4.98 Å². The van der Waals surface area contributed by atoms with Crippen molar-refractivity contribution < 1.29 is 9.59 Å². The number of imidazole rings is 1. The number of carbonyl (C=O) groups is 2. The van der Waals surface area contributed by atoms with Crippen molar-refractivity contribution in [1.82, 2.24) is 24.8 Å². The number of hydrogen-bond donors (Lipinski definition) is 2. The van der Waals surface area contributed by atoms with Crippen LogP contribution in [0.5, 0.6) is 0 Å². The molecule has 1 saturated heterocycles. The van der Waals surface area contributed by atoms with E-state index in [4.69, 9.17) is 17.5 Å². The Morgan fingerprint density at radius 3 is 2.87 bits per heavy atom. The van der Waals surface area contributed by atoms with Crippen LogP contribution in [-0.4, -0.2) is 43.8 Å². The molecule has 0 aliphatic carbocycles. The molecule has 0 saturated carbocycles. The van der Waals surface area contributed by atoms with E-state index in [0.29, 0.717) is 41.8 Å². The topological polar surface area (TPSA) is 107 Å². The summed E-state index contributed by atoms with van der Waals surface area (Å²) in [6.07, 6.45) is 5.68. The van der Waals surface area contributed by atoms with Crippen LogP contribution in [0, 0.1) is 16.0 Å². The van der Waals surface area contributed by atoms with Gasteiger partial charge < -0.3 is 14.9 Å². The van der Waals surface area contributed by atoms with Crippen molar-refractivity contribution >= 4 is 24.0 Å². The van der Waals surface area contributed by atoms with Gasteiger partial charge in [0.15, 0.2) is 0 Å². The van der Waals surface area contributed by atoms with E-state index in [2.05, 4.69) is 21.4 Å². The summed E-state index contributed by atoms with van der Waals surface area (Å²) in [4.78, 5) is 33.8. The minimum absolute atomic E-state index is 0.249. The maximum atomic E-state index is 12.8. The molecule has 31 heavy (non-hydrogen) atoms. The molecular formula is C22H20N6O2S. The van der Waals surface area contributed by atoms with E-state index in [0.717, 1.165) is 11.3 Å². The molecule has 1 aromatic carbocycles. The lowest BCUT2D eigenvalue weighted by molar-refractivity contribution is -0.127. The first kappa shape index (κ1) is 20.7. The van der Waals surface area contributed by atoms with Gasteiger partial charge in [0, 0.05) is 32.0 Å². The van der Waals surface area contributed by atoms with Crippen LogP contribution >= 0.6 is 12.2 Å². The van der Waals surface area contributed by atoms with Gasteiger partial charge in [-0.2, -0.15) is 5.26 Å². The number of benzene rings is 1. The van der Waals surface area contributed by atoms with E-state index in [1.807, 2.05) is 16.7 Å². The van der Waals surface area contributed by atoms with Crippen LogP contribution < -0.4 is 5.32 Å². The molecule has 1 atom stereocenters. The Balaban J connectivity index is 1.38. The maximum Gasteiger partial charge on any atom is 0.263 e. The molecule has 2 aromatic heterocycles. The first-order chi connectivity index (χ1) is 15.1. The zero-order valence-electron chi connectivity index (χ0n) is 16.6. The highest BCUT2D eigenvalue weighted by Crippen LogP contribution is 2.16. The summed E-state index contributed by atoms with van der Waals surface area (Å²) < 4.78 is 2.31. The van der Waals surface area contributed by atoms with Gasteiger partial charge in [0.05, 0.1) is 35.3 Å². The second-order valence-electron chi connectivity index (χ2n) is 7.25. The number of hydrogen-bond acceptors (Lipinski definition) is 6. The van der Waals surface area contributed by atoms with Crippen molar-refractivity contribution in [3.05, 3.63) is 82.1 Å². The lowest BCUT2D eigenvalue weighted by Gasteiger charge is -2.16. The molecule has 3 aromatic rings. The lowest BCUT2D eigenvalue weighted by Crippen LogP contribution is -2.41. The average Bonchev–Trinajstić information content (AvgIpc) is 3.38.